The van der Waals surface area contributed by atoms with Crippen molar-refractivity contribution in [2.24, 2.45) is 0 Å². The summed E-state index contributed by atoms with van der Waals surface area (Å²) in [6.45, 7) is 0.161. The number of nitrogens with zero attached hydrogens (tertiary/aromatic N) is 1. The van der Waals surface area contributed by atoms with Crippen molar-refractivity contribution in [1.29, 1.82) is 0 Å². The van der Waals surface area contributed by atoms with Crippen LogP contribution in [-0.2, 0) is 11.3 Å². The van der Waals surface area contributed by atoms with Gasteiger partial charge in [0.05, 0.1) is 19.8 Å². The molecule has 26 heavy (non-hydrogen) atoms. The van der Waals surface area contributed by atoms with E-state index < -0.39 is 5.97 Å². The van der Waals surface area contributed by atoms with E-state index in [0.717, 1.165) is 5.56 Å². The Labute approximate surface area is 155 Å². The van der Waals surface area contributed by atoms with Gasteiger partial charge in [0.25, 0.3) is 0 Å². The van der Waals surface area contributed by atoms with Gasteiger partial charge in [-0.25, -0.2) is 4.79 Å². The highest BCUT2D eigenvalue weighted by atomic mass is 35.5. The van der Waals surface area contributed by atoms with E-state index in [2.05, 4.69) is 5.16 Å². The second-order valence-corrected chi connectivity index (χ2v) is 5.77. The molecule has 0 radical (unpaired) electrons. The van der Waals surface area contributed by atoms with E-state index in [0.29, 0.717) is 33.5 Å². The minimum Gasteiger partial charge on any atom is -0.493 e. The summed E-state index contributed by atoms with van der Waals surface area (Å²) < 4.78 is 21.0. The summed E-state index contributed by atoms with van der Waals surface area (Å²) in [5.74, 6) is 1.00. The van der Waals surface area contributed by atoms with Crippen LogP contribution < -0.4 is 9.47 Å². The summed E-state index contributed by atoms with van der Waals surface area (Å²) in [6, 6.07) is 13.9. The van der Waals surface area contributed by atoms with Gasteiger partial charge in [0.1, 0.15) is 12.3 Å². The maximum absolute atomic E-state index is 11.6. The Kier molecular flexibility index (Phi) is 5.43. The van der Waals surface area contributed by atoms with Gasteiger partial charge in [0.15, 0.2) is 17.3 Å². The number of benzene rings is 2. The third-order valence-electron chi connectivity index (χ3n) is 3.65. The Morgan fingerprint density at radius 2 is 1.85 bits per heavy atom. The molecule has 0 spiro atoms. The molecule has 0 aliphatic rings. The lowest BCUT2D eigenvalue weighted by molar-refractivity contribution is 0.0600. The molecule has 7 heteroatoms. The average Bonchev–Trinajstić information content (AvgIpc) is 3.15. The van der Waals surface area contributed by atoms with Crippen molar-refractivity contribution in [2.45, 2.75) is 6.61 Å². The lowest BCUT2D eigenvalue weighted by Crippen LogP contribution is -2.03. The maximum atomic E-state index is 11.6. The Morgan fingerprint density at radius 1 is 1.08 bits per heavy atom. The van der Waals surface area contributed by atoms with Gasteiger partial charge in [-0.1, -0.05) is 28.9 Å². The first-order valence-corrected chi connectivity index (χ1v) is 8.09. The zero-order chi connectivity index (χ0) is 18.5. The second kappa shape index (κ2) is 7.93. The molecule has 134 valence electrons. The van der Waals surface area contributed by atoms with Crippen molar-refractivity contribution in [2.75, 3.05) is 14.2 Å². The van der Waals surface area contributed by atoms with E-state index in [1.165, 1.54) is 14.2 Å². The molecule has 1 heterocycles. The maximum Gasteiger partial charge on any atom is 0.337 e. The van der Waals surface area contributed by atoms with Gasteiger partial charge in [-0.2, -0.15) is 0 Å². The van der Waals surface area contributed by atoms with Crippen molar-refractivity contribution in [1.82, 2.24) is 5.16 Å². The summed E-state index contributed by atoms with van der Waals surface area (Å²) in [5, 5.41) is 4.68. The zero-order valence-electron chi connectivity index (χ0n) is 14.2. The van der Waals surface area contributed by atoms with Crippen LogP contribution in [0.2, 0.25) is 5.02 Å². The number of hydrogen-bond acceptors (Lipinski definition) is 6. The Bertz CT molecular complexity index is 905. The molecule has 0 aliphatic heterocycles. The minimum absolute atomic E-state index is 0.161. The SMILES string of the molecule is COC(=O)c1ccc(OCc2cc(-c3ccc(Cl)cc3)no2)c(OC)c1. The average molecular weight is 374 g/mol. The van der Waals surface area contributed by atoms with Crippen molar-refractivity contribution in [3.8, 4) is 22.8 Å². The number of esters is 1. The molecular weight excluding hydrogens is 358 g/mol. The summed E-state index contributed by atoms with van der Waals surface area (Å²) >= 11 is 5.89. The predicted octanol–water partition coefficient (Wildman–Crippen LogP) is 4.37. The van der Waals surface area contributed by atoms with Gasteiger partial charge in [-0.15, -0.1) is 0 Å². The normalized spacial score (nSPS) is 10.4. The molecule has 0 fully saturated rings. The Balaban J connectivity index is 1.71. The summed E-state index contributed by atoms with van der Waals surface area (Å²) in [4.78, 5) is 11.6. The molecule has 0 bridgehead atoms. The molecule has 0 N–H and O–H groups in total. The third-order valence-corrected chi connectivity index (χ3v) is 3.91. The van der Waals surface area contributed by atoms with Gasteiger partial charge in [-0.3, -0.25) is 0 Å². The lowest BCUT2D eigenvalue weighted by atomic mass is 10.1. The van der Waals surface area contributed by atoms with Gasteiger partial charge in [0.2, 0.25) is 0 Å². The fourth-order valence-corrected chi connectivity index (χ4v) is 2.44. The van der Waals surface area contributed by atoms with Crippen LogP contribution in [0.5, 0.6) is 11.5 Å². The third kappa shape index (κ3) is 3.97. The van der Waals surface area contributed by atoms with E-state index in [9.17, 15) is 4.79 Å². The van der Waals surface area contributed by atoms with Gasteiger partial charge in [0, 0.05) is 16.7 Å². The molecule has 6 nitrogen and oxygen atoms in total. The number of hydrogen-bond donors (Lipinski definition) is 0. The molecule has 0 saturated carbocycles. The van der Waals surface area contributed by atoms with E-state index in [1.807, 2.05) is 12.1 Å². The van der Waals surface area contributed by atoms with Crippen LogP contribution in [0, 0.1) is 0 Å². The Hall–Kier alpha value is -2.99. The fourth-order valence-electron chi connectivity index (χ4n) is 2.32. The van der Waals surface area contributed by atoms with Crippen LogP contribution in [-0.4, -0.2) is 25.3 Å². The molecule has 3 aromatic rings. The van der Waals surface area contributed by atoms with Crippen LogP contribution in [0.25, 0.3) is 11.3 Å². The van der Waals surface area contributed by atoms with Crippen LogP contribution in [0.4, 0.5) is 0 Å². The Morgan fingerprint density at radius 3 is 2.54 bits per heavy atom. The fraction of sp³-hybridized carbons (Fsp3) is 0.158. The van der Waals surface area contributed by atoms with Gasteiger partial charge < -0.3 is 18.7 Å². The van der Waals surface area contributed by atoms with Crippen LogP contribution in [0.15, 0.2) is 53.1 Å². The number of carbonyl (C=O) groups excluding carboxylic acids is 1. The topological polar surface area (TPSA) is 70.8 Å². The number of halogens is 1. The summed E-state index contributed by atoms with van der Waals surface area (Å²) in [5.41, 5.74) is 1.96. The molecule has 0 aliphatic carbocycles. The number of carbonyl (C=O) groups is 1. The lowest BCUT2D eigenvalue weighted by Gasteiger charge is -2.10. The van der Waals surface area contributed by atoms with Gasteiger partial charge >= 0.3 is 5.97 Å². The molecule has 0 saturated heterocycles. The zero-order valence-corrected chi connectivity index (χ0v) is 14.9. The van der Waals surface area contributed by atoms with E-state index in [4.69, 9.17) is 30.3 Å². The highest BCUT2D eigenvalue weighted by molar-refractivity contribution is 6.30. The number of aromatic nitrogens is 1. The summed E-state index contributed by atoms with van der Waals surface area (Å²) in [7, 11) is 2.82. The van der Waals surface area contributed by atoms with Crippen molar-refractivity contribution in [3.05, 3.63) is 64.9 Å². The number of ether oxygens (including phenoxy) is 3. The van der Waals surface area contributed by atoms with Crippen molar-refractivity contribution >= 4 is 17.6 Å². The predicted molar refractivity (Wildman–Crippen MR) is 95.6 cm³/mol. The molecular formula is C19H16ClNO5. The van der Waals surface area contributed by atoms with E-state index >= 15 is 0 Å². The minimum atomic E-state index is -0.447. The highest BCUT2D eigenvalue weighted by Gasteiger charge is 2.13. The first kappa shape index (κ1) is 17.8. The number of rotatable bonds is 6. The van der Waals surface area contributed by atoms with Crippen LogP contribution >= 0.6 is 11.6 Å². The van der Waals surface area contributed by atoms with Gasteiger partial charge in [-0.05, 0) is 30.3 Å². The molecule has 0 atom stereocenters. The molecule has 3 rings (SSSR count). The number of methoxy groups -OCH3 is 2. The summed E-state index contributed by atoms with van der Waals surface area (Å²) in [6.07, 6.45) is 0. The van der Waals surface area contributed by atoms with Crippen LogP contribution in [0.3, 0.4) is 0 Å². The first-order valence-electron chi connectivity index (χ1n) is 7.71. The van der Waals surface area contributed by atoms with E-state index in [1.54, 1.807) is 36.4 Å². The molecule has 0 unspecified atom stereocenters. The highest BCUT2D eigenvalue weighted by Crippen LogP contribution is 2.29. The largest absolute Gasteiger partial charge is 0.493 e. The van der Waals surface area contributed by atoms with Crippen molar-refractivity contribution < 1.29 is 23.5 Å². The second-order valence-electron chi connectivity index (χ2n) is 5.33. The quantitative estimate of drug-likeness (QED) is 0.597. The molecule has 0 amide bonds. The standard InChI is InChI=1S/C19H16ClNO5/c1-23-18-9-13(19(22)24-2)5-8-17(18)25-11-15-10-16(21-26-15)12-3-6-14(20)7-4-12/h3-10H,11H2,1-2H3. The van der Waals surface area contributed by atoms with Crippen molar-refractivity contribution in [3.63, 3.8) is 0 Å². The van der Waals surface area contributed by atoms with E-state index in [-0.39, 0.29) is 6.61 Å². The smallest absolute Gasteiger partial charge is 0.337 e. The first-order chi connectivity index (χ1) is 12.6. The monoisotopic (exact) mass is 373 g/mol. The molecule has 1 aromatic heterocycles. The van der Waals surface area contributed by atoms with Crippen LogP contribution in [0.1, 0.15) is 16.1 Å². The molecule has 2 aromatic carbocycles.